The Morgan fingerprint density at radius 3 is 1.56 bits per heavy atom. The van der Waals surface area contributed by atoms with Gasteiger partial charge in [-0.25, -0.2) is 4.98 Å². The first-order valence-electron chi connectivity index (χ1n) is 25.1. The van der Waals surface area contributed by atoms with Gasteiger partial charge in [0.25, 0.3) is 0 Å². The Kier molecular flexibility index (Phi) is 8.35. The number of pyridine rings is 1. The molecule has 0 atom stereocenters. The molecule has 3 aromatic heterocycles. The van der Waals surface area contributed by atoms with Gasteiger partial charge in [-0.3, -0.25) is 9.55 Å². The van der Waals surface area contributed by atoms with Gasteiger partial charge in [0.2, 0.25) is 0 Å². The van der Waals surface area contributed by atoms with Crippen molar-refractivity contribution < 1.29 is 0 Å². The number of imidazole rings is 1. The maximum Gasteiger partial charge on any atom is 0.145 e. The molecule has 0 fully saturated rings. The van der Waals surface area contributed by atoms with Crippen molar-refractivity contribution in [1.82, 2.24) is 19.1 Å². The second-order valence-electron chi connectivity index (χ2n) is 19.6. The molecule has 0 amide bonds. The Balaban J connectivity index is 0.996. The molecule has 14 aromatic rings. The lowest BCUT2D eigenvalue weighted by Gasteiger charge is -2.31. The fourth-order valence-electron chi connectivity index (χ4n) is 13.0. The Morgan fingerprint density at radius 1 is 0.315 bits per heavy atom. The SMILES string of the molecule is c1ccc(-c2nc3ccccc3n2-c2ccc(-c3cc(-c4cc5c(c6c4cnc4ccccc46)-c4ccccc4C54c5ccccc5-c5ccccc54)cc(-n4c5ccccc5c5ccccc54)c3)cc2)cc1. The van der Waals surface area contributed by atoms with E-state index in [1.165, 1.54) is 71.7 Å². The standard InChI is InChI=1S/C69H42N4/c1-2-18-44(19-3-1)68-71-62-30-14-17-33-65(62)73(68)47-36-34-43(35-37-47)45-38-46(40-48(39-45)72-63-31-15-8-22-51(63)52-23-9-16-32-64(52)72)55-41-60-67(66-54-25-7-13-29-61(54)70-42-56(55)66)53-24-6-12-28-59(53)69(60)57-26-10-4-20-49(57)50-21-5-11-27-58(50)69/h1-42H. The third-order valence-corrected chi connectivity index (χ3v) is 15.9. The zero-order valence-corrected chi connectivity index (χ0v) is 39.5. The number of para-hydroxylation sites is 5. The molecule has 0 unspecified atom stereocenters. The van der Waals surface area contributed by atoms with Gasteiger partial charge >= 0.3 is 0 Å². The van der Waals surface area contributed by atoms with Gasteiger partial charge in [-0.2, -0.15) is 0 Å². The van der Waals surface area contributed by atoms with E-state index in [4.69, 9.17) is 9.97 Å². The van der Waals surface area contributed by atoms with E-state index in [0.717, 1.165) is 72.3 Å². The van der Waals surface area contributed by atoms with Crippen molar-refractivity contribution in [3.05, 3.63) is 277 Å². The van der Waals surface area contributed by atoms with Crippen LogP contribution in [0.5, 0.6) is 0 Å². The summed E-state index contributed by atoms with van der Waals surface area (Å²) in [4.78, 5) is 10.4. The summed E-state index contributed by atoms with van der Waals surface area (Å²) in [5.74, 6) is 0.919. The number of benzene rings is 11. The van der Waals surface area contributed by atoms with Crippen LogP contribution in [0, 0.1) is 0 Å². The highest BCUT2D eigenvalue weighted by Gasteiger charge is 2.52. The molecule has 11 aromatic carbocycles. The van der Waals surface area contributed by atoms with Crippen molar-refractivity contribution in [1.29, 1.82) is 0 Å². The lowest BCUT2D eigenvalue weighted by molar-refractivity contribution is 0.795. The summed E-state index contributed by atoms with van der Waals surface area (Å²) in [5, 5.41) is 5.98. The third-order valence-electron chi connectivity index (χ3n) is 15.9. The second-order valence-corrected chi connectivity index (χ2v) is 19.6. The van der Waals surface area contributed by atoms with Crippen LogP contribution >= 0.6 is 0 Å². The van der Waals surface area contributed by atoms with Crippen LogP contribution in [0.25, 0.3) is 122 Å². The van der Waals surface area contributed by atoms with Crippen molar-refractivity contribution in [3.63, 3.8) is 0 Å². The van der Waals surface area contributed by atoms with Gasteiger partial charge in [0.05, 0.1) is 33.0 Å². The van der Waals surface area contributed by atoms with Gasteiger partial charge < -0.3 is 4.57 Å². The molecule has 16 rings (SSSR count). The first-order valence-corrected chi connectivity index (χ1v) is 25.1. The normalized spacial score (nSPS) is 13.0. The van der Waals surface area contributed by atoms with Gasteiger partial charge in [-0.15, -0.1) is 0 Å². The van der Waals surface area contributed by atoms with Crippen LogP contribution in [0.3, 0.4) is 0 Å². The highest BCUT2D eigenvalue weighted by atomic mass is 15.1. The van der Waals surface area contributed by atoms with Gasteiger partial charge in [-0.05, 0) is 133 Å². The molecule has 0 bridgehead atoms. The van der Waals surface area contributed by atoms with E-state index in [2.05, 4.69) is 264 Å². The van der Waals surface area contributed by atoms with E-state index in [9.17, 15) is 0 Å². The van der Waals surface area contributed by atoms with E-state index in [1.807, 2.05) is 0 Å². The van der Waals surface area contributed by atoms with Crippen LogP contribution in [0.2, 0.25) is 0 Å². The minimum atomic E-state index is -0.536. The van der Waals surface area contributed by atoms with Crippen LogP contribution in [0.4, 0.5) is 0 Å². The summed E-state index contributed by atoms with van der Waals surface area (Å²) in [7, 11) is 0. The van der Waals surface area contributed by atoms with Crippen LogP contribution in [0.15, 0.2) is 255 Å². The third kappa shape index (κ3) is 5.55. The molecule has 3 heterocycles. The quantitative estimate of drug-likeness (QED) is 0.161. The number of aromatic nitrogens is 4. The van der Waals surface area contributed by atoms with Crippen molar-refractivity contribution in [3.8, 4) is 67.3 Å². The molecule has 338 valence electrons. The number of nitrogens with zero attached hydrogens (tertiary/aromatic N) is 4. The topological polar surface area (TPSA) is 35.6 Å². The molecule has 0 saturated carbocycles. The summed E-state index contributed by atoms with van der Waals surface area (Å²) in [6.45, 7) is 0. The van der Waals surface area contributed by atoms with Gasteiger partial charge in [0.15, 0.2) is 0 Å². The number of rotatable bonds is 5. The van der Waals surface area contributed by atoms with Crippen LogP contribution in [-0.2, 0) is 5.41 Å². The summed E-state index contributed by atoms with van der Waals surface area (Å²) in [6.07, 6.45) is 2.14. The molecule has 0 aliphatic heterocycles. The molecule has 2 aliphatic rings. The minimum absolute atomic E-state index is 0.536. The Bertz CT molecular complexity index is 4510. The Labute approximate surface area is 421 Å². The largest absolute Gasteiger partial charge is 0.309 e. The van der Waals surface area contributed by atoms with Crippen molar-refractivity contribution in [2.75, 3.05) is 0 Å². The van der Waals surface area contributed by atoms with Gasteiger partial charge in [0.1, 0.15) is 5.82 Å². The predicted octanol–water partition coefficient (Wildman–Crippen LogP) is 17.2. The lowest BCUT2D eigenvalue weighted by Crippen LogP contribution is -2.25. The van der Waals surface area contributed by atoms with Gasteiger partial charge in [-0.1, -0.05) is 182 Å². The monoisotopic (exact) mass is 926 g/mol. The molecule has 4 heteroatoms. The average Bonchev–Trinajstić information content (AvgIpc) is 4.19. The second kappa shape index (κ2) is 15.2. The van der Waals surface area contributed by atoms with E-state index in [0.29, 0.717) is 0 Å². The molecular formula is C69H42N4. The van der Waals surface area contributed by atoms with Gasteiger partial charge in [0, 0.05) is 50.1 Å². The zero-order valence-electron chi connectivity index (χ0n) is 39.5. The summed E-state index contributed by atoms with van der Waals surface area (Å²) in [5.41, 5.74) is 23.0. The molecular weight excluding hydrogens is 885 g/mol. The molecule has 4 nitrogen and oxygen atoms in total. The number of hydrogen-bond acceptors (Lipinski definition) is 2. The summed E-state index contributed by atoms with van der Waals surface area (Å²) < 4.78 is 4.75. The molecule has 2 aliphatic carbocycles. The maximum absolute atomic E-state index is 5.24. The maximum atomic E-state index is 5.24. The Hall–Kier alpha value is -9.64. The molecule has 0 radical (unpaired) electrons. The molecule has 73 heavy (non-hydrogen) atoms. The molecule has 0 N–H and O–H groups in total. The van der Waals surface area contributed by atoms with Crippen LogP contribution < -0.4 is 0 Å². The van der Waals surface area contributed by atoms with Crippen molar-refractivity contribution >= 4 is 54.5 Å². The first kappa shape index (κ1) is 40.1. The smallest absolute Gasteiger partial charge is 0.145 e. The fourth-order valence-corrected chi connectivity index (χ4v) is 13.0. The average molecular weight is 927 g/mol. The zero-order chi connectivity index (χ0) is 47.8. The van der Waals surface area contributed by atoms with Crippen LogP contribution in [-0.4, -0.2) is 19.1 Å². The van der Waals surface area contributed by atoms with Crippen molar-refractivity contribution in [2.45, 2.75) is 5.41 Å². The first-order chi connectivity index (χ1) is 36.2. The van der Waals surface area contributed by atoms with E-state index in [-0.39, 0.29) is 0 Å². The van der Waals surface area contributed by atoms with Crippen molar-refractivity contribution in [2.24, 2.45) is 0 Å². The highest BCUT2D eigenvalue weighted by Crippen LogP contribution is 2.65. The Morgan fingerprint density at radius 2 is 0.863 bits per heavy atom. The van der Waals surface area contributed by atoms with E-state index < -0.39 is 5.41 Å². The summed E-state index contributed by atoms with van der Waals surface area (Å²) >= 11 is 0. The molecule has 0 saturated heterocycles. The summed E-state index contributed by atoms with van der Waals surface area (Å²) in [6, 6.07) is 91.4. The van der Waals surface area contributed by atoms with E-state index in [1.54, 1.807) is 0 Å². The number of fused-ring (bicyclic) bond motifs is 18. The highest BCUT2D eigenvalue weighted by molar-refractivity contribution is 6.20. The predicted molar refractivity (Wildman–Crippen MR) is 301 cm³/mol. The van der Waals surface area contributed by atoms with E-state index >= 15 is 0 Å². The minimum Gasteiger partial charge on any atom is -0.309 e. The number of hydrogen-bond donors (Lipinski definition) is 0. The fraction of sp³-hybridized carbons (Fsp3) is 0.0145. The van der Waals surface area contributed by atoms with Crippen LogP contribution in [0.1, 0.15) is 22.3 Å². The lowest BCUT2D eigenvalue weighted by atomic mass is 9.70. The molecule has 1 spiro atoms.